The van der Waals surface area contributed by atoms with Crippen molar-refractivity contribution in [1.29, 1.82) is 0 Å². The second-order valence-electron chi connectivity index (χ2n) is 6.93. The lowest BCUT2D eigenvalue weighted by Gasteiger charge is -2.30. The Bertz CT molecular complexity index is 929. The lowest BCUT2D eigenvalue weighted by Crippen LogP contribution is -2.49. The van der Waals surface area contributed by atoms with E-state index in [0.29, 0.717) is 24.4 Å². The first-order valence-electron chi connectivity index (χ1n) is 9.84. The highest BCUT2D eigenvalue weighted by Gasteiger charge is 2.31. The van der Waals surface area contributed by atoms with Gasteiger partial charge in [0.1, 0.15) is 17.5 Å². The molecule has 0 aromatic heterocycles. The van der Waals surface area contributed by atoms with Gasteiger partial charge in [0.2, 0.25) is 15.9 Å². The molecule has 1 N–H and O–H groups in total. The van der Waals surface area contributed by atoms with Gasteiger partial charge in [0, 0.05) is 6.54 Å². The average molecular weight is 435 g/mol. The Morgan fingerprint density at radius 3 is 2.30 bits per heavy atom. The summed E-state index contributed by atoms with van der Waals surface area (Å²) < 4.78 is 36.5. The van der Waals surface area contributed by atoms with E-state index >= 15 is 0 Å². The Balaban J connectivity index is 2.04. The molecule has 0 bridgehead atoms. The van der Waals surface area contributed by atoms with E-state index in [1.54, 1.807) is 38.3 Å². The van der Waals surface area contributed by atoms with Gasteiger partial charge in [-0.05, 0) is 61.2 Å². The van der Waals surface area contributed by atoms with E-state index in [1.165, 1.54) is 11.4 Å². The van der Waals surface area contributed by atoms with Crippen LogP contribution in [0.1, 0.15) is 25.3 Å². The summed E-state index contributed by atoms with van der Waals surface area (Å²) >= 11 is 0. The van der Waals surface area contributed by atoms with Crippen LogP contribution in [-0.2, 0) is 21.2 Å². The number of methoxy groups -OCH3 is 2. The normalized spacial score (nSPS) is 12.1. The monoisotopic (exact) mass is 434 g/mol. The van der Waals surface area contributed by atoms with Crippen LogP contribution in [0.15, 0.2) is 48.5 Å². The number of carbonyl (C=O) groups excluding carboxylic acids is 1. The molecule has 8 heteroatoms. The quantitative estimate of drug-likeness (QED) is 0.550. The van der Waals surface area contributed by atoms with Crippen LogP contribution in [0.5, 0.6) is 11.5 Å². The molecule has 0 fully saturated rings. The third kappa shape index (κ3) is 6.38. The van der Waals surface area contributed by atoms with Gasteiger partial charge in [-0.2, -0.15) is 0 Å². The van der Waals surface area contributed by atoms with E-state index in [0.717, 1.165) is 30.4 Å². The number of nitrogens with zero attached hydrogens (tertiary/aromatic N) is 1. The van der Waals surface area contributed by atoms with E-state index in [1.807, 2.05) is 24.3 Å². The molecule has 7 nitrogen and oxygen atoms in total. The summed E-state index contributed by atoms with van der Waals surface area (Å²) in [5, 5.41) is 2.88. The van der Waals surface area contributed by atoms with E-state index in [2.05, 4.69) is 5.32 Å². The first kappa shape index (κ1) is 23.5. The number of hydrogen-bond donors (Lipinski definition) is 1. The molecule has 2 aromatic carbocycles. The van der Waals surface area contributed by atoms with E-state index < -0.39 is 16.1 Å². The van der Waals surface area contributed by atoms with Gasteiger partial charge in [-0.25, -0.2) is 8.42 Å². The zero-order valence-electron chi connectivity index (χ0n) is 17.9. The zero-order chi connectivity index (χ0) is 22.1. The Morgan fingerprint density at radius 2 is 1.73 bits per heavy atom. The highest BCUT2D eigenvalue weighted by molar-refractivity contribution is 7.92. The zero-order valence-corrected chi connectivity index (χ0v) is 18.7. The number of benzene rings is 2. The lowest BCUT2D eigenvalue weighted by molar-refractivity contribution is -0.122. The first-order chi connectivity index (χ1) is 14.3. The summed E-state index contributed by atoms with van der Waals surface area (Å²) in [7, 11) is -0.493. The minimum absolute atomic E-state index is 0.315. The molecule has 30 heavy (non-hydrogen) atoms. The van der Waals surface area contributed by atoms with Crippen LogP contribution >= 0.6 is 0 Å². The van der Waals surface area contributed by atoms with Crippen molar-refractivity contribution in [2.24, 2.45) is 0 Å². The Hall–Kier alpha value is -2.74. The number of nitrogens with one attached hydrogen (secondary N) is 1. The Kier molecular flexibility index (Phi) is 8.53. The fourth-order valence-corrected chi connectivity index (χ4v) is 4.45. The first-order valence-corrected chi connectivity index (χ1v) is 11.7. The van der Waals surface area contributed by atoms with Gasteiger partial charge in [-0.1, -0.05) is 19.1 Å². The molecule has 2 rings (SSSR count). The highest BCUT2D eigenvalue weighted by atomic mass is 32.2. The number of hydrogen-bond acceptors (Lipinski definition) is 5. The number of sulfonamides is 1. The smallest absolute Gasteiger partial charge is 0.243 e. The fraction of sp³-hybridized carbons (Fsp3) is 0.409. The SMILES string of the molecule is CCC(C(=O)NCCCc1cccc(OC)c1)N(c1ccc(OC)cc1)S(C)(=O)=O. The Morgan fingerprint density at radius 1 is 1.07 bits per heavy atom. The maximum atomic E-state index is 12.8. The van der Waals surface area contributed by atoms with Gasteiger partial charge in [0.25, 0.3) is 0 Å². The second kappa shape index (κ2) is 10.9. The van der Waals surface area contributed by atoms with Crippen molar-refractivity contribution >= 4 is 21.6 Å². The number of rotatable bonds is 11. The number of anilines is 1. The van der Waals surface area contributed by atoms with Crippen molar-refractivity contribution in [1.82, 2.24) is 5.32 Å². The lowest BCUT2D eigenvalue weighted by atomic mass is 10.1. The predicted molar refractivity (Wildman–Crippen MR) is 119 cm³/mol. The van der Waals surface area contributed by atoms with Crippen LogP contribution in [0.25, 0.3) is 0 Å². The van der Waals surface area contributed by atoms with Crippen molar-refractivity contribution in [2.45, 2.75) is 32.2 Å². The molecule has 0 aliphatic heterocycles. The van der Waals surface area contributed by atoms with Crippen molar-refractivity contribution < 1.29 is 22.7 Å². The van der Waals surface area contributed by atoms with Crippen LogP contribution in [0.4, 0.5) is 5.69 Å². The second-order valence-corrected chi connectivity index (χ2v) is 8.79. The van der Waals surface area contributed by atoms with Gasteiger partial charge in [0.15, 0.2) is 0 Å². The van der Waals surface area contributed by atoms with Gasteiger partial charge < -0.3 is 14.8 Å². The summed E-state index contributed by atoms with van der Waals surface area (Å²) in [5.74, 6) is 1.09. The number of carbonyl (C=O) groups is 1. The maximum absolute atomic E-state index is 12.8. The van der Waals surface area contributed by atoms with Crippen molar-refractivity contribution in [3.8, 4) is 11.5 Å². The van der Waals surface area contributed by atoms with E-state index in [9.17, 15) is 13.2 Å². The predicted octanol–water partition coefficient (Wildman–Crippen LogP) is 3.00. The Labute approximate surface area is 179 Å². The number of amides is 1. The molecule has 0 aliphatic rings. The molecule has 0 radical (unpaired) electrons. The molecule has 164 valence electrons. The van der Waals surface area contributed by atoms with Crippen LogP contribution in [0.3, 0.4) is 0 Å². The van der Waals surface area contributed by atoms with Gasteiger partial charge in [0.05, 0.1) is 26.2 Å². The summed E-state index contributed by atoms with van der Waals surface area (Å²) in [6, 6.07) is 13.6. The minimum Gasteiger partial charge on any atom is -0.497 e. The fourth-order valence-electron chi connectivity index (χ4n) is 3.24. The van der Waals surface area contributed by atoms with Crippen molar-refractivity contribution in [2.75, 3.05) is 31.3 Å². The molecular weight excluding hydrogens is 404 g/mol. The van der Waals surface area contributed by atoms with Crippen LogP contribution in [-0.4, -0.2) is 47.4 Å². The summed E-state index contributed by atoms with van der Waals surface area (Å²) in [6.07, 6.45) is 2.97. The van der Waals surface area contributed by atoms with E-state index in [-0.39, 0.29) is 5.91 Å². The van der Waals surface area contributed by atoms with Crippen molar-refractivity contribution in [3.05, 3.63) is 54.1 Å². The molecule has 1 amide bonds. The van der Waals surface area contributed by atoms with Gasteiger partial charge >= 0.3 is 0 Å². The third-order valence-corrected chi connectivity index (χ3v) is 5.91. The van der Waals surface area contributed by atoms with Crippen LogP contribution in [0.2, 0.25) is 0 Å². The standard InChI is InChI=1S/C22H30N2O5S/c1-5-21(24(30(4,26)27)18-11-13-19(28-2)14-12-18)22(25)23-15-7-9-17-8-6-10-20(16-17)29-3/h6,8,10-14,16,21H,5,7,9,15H2,1-4H3,(H,23,25). The molecule has 0 saturated carbocycles. The van der Waals surface area contributed by atoms with Gasteiger partial charge in [-0.15, -0.1) is 0 Å². The summed E-state index contributed by atoms with van der Waals surface area (Å²) in [5.41, 5.74) is 1.54. The largest absolute Gasteiger partial charge is 0.497 e. The molecule has 0 heterocycles. The van der Waals surface area contributed by atoms with E-state index in [4.69, 9.17) is 9.47 Å². The minimum atomic E-state index is -3.66. The average Bonchev–Trinajstić information content (AvgIpc) is 2.74. The van der Waals surface area contributed by atoms with Gasteiger partial charge in [-0.3, -0.25) is 9.10 Å². The number of aryl methyl sites for hydroxylation is 1. The maximum Gasteiger partial charge on any atom is 0.243 e. The molecule has 0 saturated heterocycles. The summed E-state index contributed by atoms with van der Waals surface area (Å²) in [4.78, 5) is 12.8. The molecule has 2 aromatic rings. The topological polar surface area (TPSA) is 84.9 Å². The van der Waals surface area contributed by atoms with Crippen LogP contribution in [0, 0.1) is 0 Å². The number of ether oxygens (including phenoxy) is 2. The highest BCUT2D eigenvalue weighted by Crippen LogP contribution is 2.25. The summed E-state index contributed by atoms with van der Waals surface area (Å²) in [6.45, 7) is 2.24. The van der Waals surface area contributed by atoms with Crippen molar-refractivity contribution in [3.63, 3.8) is 0 Å². The molecule has 0 aliphatic carbocycles. The van der Waals surface area contributed by atoms with Crippen LogP contribution < -0.4 is 19.1 Å². The molecule has 1 unspecified atom stereocenters. The molecular formula is C22H30N2O5S. The third-order valence-electron chi connectivity index (χ3n) is 4.73. The molecule has 1 atom stereocenters. The molecule has 0 spiro atoms.